The maximum absolute atomic E-state index is 14.0. The number of amides is 1. The Balaban J connectivity index is 1.43. The number of para-hydroxylation sites is 1. The van der Waals surface area contributed by atoms with Crippen LogP contribution in [-0.4, -0.2) is 41.5 Å². The third kappa shape index (κ3) is 4.57. The van der Waals surface area contributed by atoms with Gasteiger partial charge in [-0.05, 0) is 63.2 Å². The van der Waals surface area contributed by atoms with Crippen LogP contribution in [0.4, 0.5) is 14.5 Å². The fourth-order valence-corrected chi connectivity index (χ4v) is 4.27. The van der Waals surface area contributed by atoms with E-state index in [1.54, 1.807) is 31.2 Å². The monoisotopic (exact) mass is 454 g/mol. The lowest BCUT2D eigenvalue weighted by atomic mass is 9.88. The number of likely N-dealkylation sites (tertiary alicyclic amines) is 1. The fourth-order valence-electron chi connectivity index (χ4n) is 4.27. The van der Waals surface area contributed by atoms with Crippen LogP contribution in [0.2, 0.25) is 0 Å². The van der Waals surface area contributed by atoms with Crippen molar-refractivity contribution in [2.75, 3.05) is 18.4 Å². The SMILES string of the molecule is CC(=O)c1oc2ccccc2c1NC(=O)C(C)N1CCC(C(=O)c2cc(F)ccc2F)CC1. The average molecular weight is 454 g/mol. The summed E-state index contributed by atoms with van der Waals surface area (Å²) in [6.07, 6.45) is 0.861. The van der Waals surface area contributed by atoms with Crippen LogP contribution in [0.5, 0.6) is 0 Å². The molecule has 1 unspecified atom stereocenters. The number of hydrogen-bond donors (Lipinski definition) is 1. The Morgan fingerprint density at radius 3 is 2.48 bits per heavy atom. The summed E-state index contributed by atoms with van der Waals surface area (Å²) in [6, 6.07) is 9.42. The molecule has 172 valence electrons. The normalized spacial score (nSPS) is 16.0. The number of Topliss-reactive ketones (excluding diaryl/α,β-unsaturated/α-hetero) is 2. The van der Waals surface area contributed by atoms with E-state index in [4.69, 9.17) is 4.42 Å². The number of fused-ring (bicyclic) bond motifs is 1. The summed E-state index contributed by atoms with van der Waals surface area (Å²) in [5.74, 6) is -2.74. The first-order valence-electron chi connectivity index (χ1n) is 10.8. The van der Waals surface area contributed by atoms with Crippen LogP contribution in [0.1, 0.15) is 47.6 Å². The second-order valence-corrected chi connectivity index (χ2v) is 8.32. The number of hydrogen-bond acceptors (Lipinski definition) is 5. The first kappa shape index (κ1) is 22.8. The third-order valence-electron chi connectivity index (χ3n) is 6.18. The van der Waals surface area contributed by atoms with E-state index in [0.717, 1.165) is 18.2 Å². The van der Waals surface area contributed by atoms with Gasteiger partial charge in [0.15, 0.2) is 17.3 Å². The smallest absolute Gasteiger partial charge is 0.241 e. The third-order valence-corrected chi connectivity index (χ3v) is 6.18. The Morgan fingerprint density at radius 2 is 1.79 bits per heavy atom. The van der Waals surface area contributed by atoms with Crippen molar-refractivity contribution in [2.24, 2.45) is 5.92 Å². The zero-order valence-corrected chi connectivity index (χ0v) is 18.4. The van der Waals surface area contributed by atoms with Gasteiger partial charge < -0.3 is 9.73 Å². The number of nitrogens with one attached hydrogen (secondary N) is 1. The first-order valence-corrected chi connectivity index (χ1v) is 10.8. The molecule has 2 aromatic carbocycles. The minimum absolute atomic E-state index is 0.0955. The number of rotatable bonds is 6. The maximum atomic E-state index is 14.0. The van der Waals surface area contributed by atoms with Crippen LogP contribution in [0, 0.1) is 17.6 Å². The predicted octanol–water partition coefficient (Wildman–Crippen LogP) is 4.84. The van der Waals surface area contributed by atoms with Crippen molar-refractivity contribution < 1.29 is 27.6 Å². The van der Waals surface area contributed by atoms with Gasteiger partial charge in [-0.15, -0.1) is 0 Å². The number of benzene rings is 2. The molecule has 2 heterocycles. The van der Waals surface area contributed by atoms with Crippen molar-refractivity contribution >= 4 is 34.1 Å². The summed E-state index contributed by atoms with van der Waals surface area (Å²) in [5.41, 5.74) is 0.624. The Bertz CT molecular complexity index is 1230. The molecule has 1 N–H and O–H groups in total. The molecule has 1 aliphatic rings. The lowest BCUT2D eigenvalue weighted by Crippen LogP contribution is -2.47. The van der Waals surface area contributed by atoms with Crippen LogP contribution in [0.15, 0.2) is 46.9 Å². The topological polar surface area (TPSA) is 79.6 Å². The number of piperidine rings is 1. The molecular weight excluding hydrogens is 430 g/mol. The highest BCUT2D eigenvalue weighted by Gasteiger charge is 2.32. The molecule has 4 rings (SSSR count). The van der Waals surface area contributed by atoms with Crippen LogP contribution in [-0.2, 0) is 4.79 Å². The van der Waals surface area contributed by atoms with E-state index in [1.807, 2.05) is 4.90 Å². The molecule has 0 aliphatic carbocycles. The Morgan fingerprint density at radius 1 is 1.09 bits per heavy atom. The number of halogens is 2. The quantitative estimate of drug-likeness (QED) is 0.540. The molecule has 1 fully saturated rings. The molecule has 8 heteroatoms. The van der Waals surface area contributed by atoms with Crippen molar-refractivity contribution in [1.29, 1.82) is 0 Å². The Hall–Kier alpha value is -3.39. The van der Waals surface area contributed by atoms with Gasteiger partial charge in [0, 0.05) is 18.2 Å². The molecule has 3 aromatic rings. The largest absolute Gasteiger partial charge is 0.451 e. The molecule has 0 spiro atoms. The lowest BCUT2D eigenvalue weighted by Gasteiger charge is -2.34. The van der Waals surface area contributed by atoms with Crippen LogP contribution < -0.4 is 5.32 Å². The van der Waals surface area contributed by atoms with Gasteiger partial charge in [0.2, 0.25) is 5.91 Å². The van der Waals surface area contributed by atoms with Crippen molar-refractivity contribution in [3.05, 3.63) is 65.4 Å². The second kappa shape index (κ2) is 9.23. The number of furan rings is 1. The minimum atomic E-state index is -0.731. The highest BCUT2D eigenvalue weighted by Crippen LogP contribution is 2.32. The van der Waals surface area contributed by atoms with E-state index >= 15 is 0 Å². The van der Waals surface area contributed by atoms with Crippen molar-refractivity contribution in [3.8, 4) is 0 Å². The van der Waals surface area contributed by atoms with Crippen LogP contribution in [0.25, 0.3) is 11.0 Å². The summed E-state index contributed by atoms with van der Waals surface area (Å²) in [6.45, 7) is 4.03. The summed E-state index contributed by atoms with van der Waals surface area (Å²) in [5, 5.41) is 3.48. The number of nitrogens with zero attached hydrogens (tertiary/aromatic N) is 1. The van der Waals surface area contributed by atoms with E-state index in [9.17, 15) is 23.2 Å². The van der Waals surface area contributed by atoms with Crippen LogP contribution in [0.3, 0.4) is 0 Å². The van der Waals surface area contributed by atoms with Gasteiger partial charge in [0.25, 0.3) is 0 Å². The van der Waals surface area contributed by atoms with Gasteiger partial charge >= 0.3 is 0 Å². The first-order chi connectivity index (χ1) is 15.8. The number of carbonyl (C=O) groups is 3. The number of ketones is 2. The average Bonchev–Trinajstić information content (AvgIpc) is 3.18. The van der Waals surface area contributed by atoms with Gasteiger partial charge in [-0.2, -0.15) is 0 Å². The van der Waals surface area contributed by atoms with Gasteiger partial charge in [-0.25, -0.2) is 8.78 Å². The minimum Gasteiger partial charge on any atom is -0.451 e. The maximum Gasteiger partial charge on any atom is 0.241 e. The summed E-state index contributed by atoms with van der Waals surface area (Å²) in [7, 11) is 0. The fraction of sp³-hybridized carbons (Fsp3) is 0.320. The van der Waals surface area contributed by atoms with E-state index in [1.165, 1.54) is 6.92 Å². The van der Waals surface area contributed by atoms with Crippen molar-refractivity contribution in [2.45, 2.75) is 32.7 Å². The molecular formula is C25H24F2N2O4. The summed E-state index contributed by atoms with van der Waals surface area (Å²) >= 11 is 0. The van der Waals surface area contributed by atoms with Crippen molar-refractivity contribution in [3.63, 3.8) is 0 Å². The van der Waals surface area contributed by atoms with Crippen LogP contribution >= 0.6 is 0 Å². The van der Waals surface area contributed by atoms with E-state index in [-0.39, 0.29) is 23.0 Å². The van der Waals surface area contributed by atoms with E-state index in [0.29, 0.717) is 42.6 Å². The van der Waals surface area contributed by atoms with Gasteiger partial charge in [-0.1, -0.05) is 12.1 Å². The number of carbonyl (C=O) groups excluding carboxylic acids is 3. The zero-order chi connectivity index (χ0) is 23.7. The highest BCUT2D eigenvalue weighted by atomic mass is 19.1. The molecule has 1 aliphatic heterocycles. The molecule has 6 nitrogen and oxygen atoms in total. The van der Waals surface area contributed by atoms with E-state index < -0.39 is 29.4 Å². The zero-order valence-electron chi connectivity index (χ0n) is 18.4. The molecule has 1 saturated heterocycles. The van der Waals surface area contributed by atoms with Gasteiger partial charge in [0.05, 0.1) is 17.3 Å². The van der Waals surface area contributed by atoms with Gasteiger partial charge in [-0.3, -0.25) is 19.3 Å². The molecule has 33 heavy (non-hydrogen) atoms. The standard InChI is InChI=1S/C25H24F2N2O4/c1-14(25(32)28-22-18-5-3-4-6-21(18)33-24(22)15(2)30)29-11-9-16(10-12-29)23(31)19-13-17(26)7-8-20(19)27/h3-8,13-14,16H,9-12H2,1-2H3,(H,28,32). The molecule has 1 atom stereocenters. The summed E-state index contributed by atoms with van der Waals surface area (Å²) < 4.78 is 33.1. The predicted molar refractivity (Wildman–Crippen MR) is 119 cm³/mol. The van der Waals surface area contributed by atoms with E-state index in [2.05, 4.69) is 5.32 Å². The molecule has 1 amide bonds. The molecule has 0 saturated carbocycles. The molecule has 0 radical (unpaired) electrons. The summed E-state index contributed by atoms with van der Waals surface area (Å²) in [4.78, 5) is 39.6. The van der Waals surface area contributed by atoms with Gasteiger partial charge in [0.1, 0.15) is 17.2 Å². The lowest BCUT2D eigenvalue weighted by molar-refractivity contribution is -0.121. The number of anilines is 1. The van der Waals surface area contributed by atoms with Crippen molar-refractivity contribution in [1.82, 2.24) is 4.90 Å². The molecule has 1 aromatic heterocycles. The highest BCUT2D eigenvalue weighted by molar-refractivity contribution is 6.11. The molecule has 0 bridgehead atoms. The Labute approximate surface area is 189 Å². The Kier molecular flexibility index (Phi) is 6.37. The second-order valence-electron chi connectivity index (χ2n) is 8.32.